The summed E-state index contributed by atoms with van der Waals surface area (Å²) in [4.78, 5) is 20.0. The first kappa shape index (κ1) is 15.6. The van der Waals surface area contributed by atoms with E-state index in [-0.39, 0.29) is 5.41 Å². The van der Waals surface area contributed by atoms with Gasteiger partial charge in [0.2, 0.25) is 5.91 Å². The second-order valence-electron chi connectivity index (χ2n) is 5.51. The zero-order valence-electron chi connectivity index (χ0n) is 11.8. The molecule has 106 valence electrons. The van der Waals surface area contributed by atoms with Crippen molar-refractivity contribution in [2.24, 2.45) is 0 Å². The van der Waals surface area contributed by atoms with Crippen molar-refractivity contribution in [3.05, 3.63) is 18.2 Å². The summed E-state index contributed by atoms with van der Waals surface area (Å²) in [6.07, 6.45) is 3.97. The lowest BCUT2D eigenvalue weighted by Gasteiger charge is -2.16. The van der Waals surface area contributed by atoms with Gasteiger partial charge in [0, 0.05) is 11.7 Å². The molecule has 0 aliphatic rings. The van der Waals surface area contributed by atoms with Crippen LogP contribution in [0.3, 0.4) is 0 Å². The molecule has 0 aliphatic carbocycles. The molecular weight excluding hydrogens is 266 g/mol. The summed E-state index contributed by atoms with van der Waals surface area (Å²) < 4.78 is 22.5. The van der Waals surface area contributed by atoms with Gasteiger partial charge in [-0.3, -0.25) is 4.79 Å². The number of hydrogen-bond donors (Lipinski definition) is 1. The molecule has 0 spiro atoms. The fraction of sp³-hybridized carbons (Fsp3) is 0.583. The number of carbonyl (C=O) groups is 1. The highest BCUT2D eigenvalue weighted by molar-refractivity contribution is 7.92. The van der Waals surface area contributed by atoms with Crippen molar-refractivity contribution in [1.82, 2.24) is 9.97 Å². The van der Waals surface area contributed by atoms with E-state index in [1.54, 1.807) is 0 Å². The van der Waals surface area contributed by atoms with Gasteiger partial charge in [-0.25, -0.2) is 18.4 Å². The van der Waals surface area contributed by atoms with E-state index in [9.17, 15) is 13.2 Å². The molecule has 1 N–H and O–H groups in total. The van der Waals surface area contributed by atoms with Gasteiger partial charge in [0.15, 0.2) is 9.84 Å². The minimum Gasteiger partial charge on any atom is -0.322 e. The van der Waals surface area contributed by atoms with Crippen LogP contribution >= 0.6 is 0 Å². The van der Waals surface area contributed by atoms with Crippen LogP contribution < -0.4 is 5.32 Å². The number of rotatable bonds is 3. The molecular formula is C12H19N3O3S. The zero-order valence-corrected chi connectivity index (χ0v) is 12.6. The Morgan fingerprint density at radius 1 is 1.26 bits per heavy atom. The number of amides is 1. The molecule has 0 saturated heterocycles. The molecule has 1 atom stereocenters. The Labute approximate surface area is 113 Å². The Morgan fingerprint density at radius 3 is 2.11 bits per heavy atom. The minimum absolute atomic E-state index is 0.178. The number of hydrogen-bond acceptors (Lipinski definition) is 5. The van der Waals surface area contributed by atoms with Crippen LogP contribution in [0, 0.1) is 0 Å². The lowest BCUT2D eigenvalue weighted by molar-refractivity contribution is -0.115. The predicted octanol–water partition coefficient (Wildman–Crippen LogP) is 1.15. The molecule has 0 saturated carbocycles. The maximum absolute atomic E-state index is 11.7. The van der Waals surface area contributed by atoms with Crippen LogP contribution in [0.25, 0.3) is 0 Å². The van der Waals surface area contributed by atoms with Crippen molar-refractivity contribution in [3.8, 4) is 0 Å². The van der Waals surface area contributed by atoms with Gasteiger partial charge in [-0.15, -0.1) is 0 Å². The smallest absolute Gasteiger partial charge is 0.242 e. The number of carbonyl (C=O) groups excluding carboxylic acids is 1. The SMILES string of the molecule is C[C@@H](C(=O)Nc1cnc(C(C)(C)C)nc1)S(C)(=O)=O. The average Bonchev–Trinajstić information content (AvgIpc) is 2.26. The summed E-state index contributed by atoms with van der Waals surface area (Å²) in [7, 11) is -3.41. The van der Waals surface area contributed by atoms with Crippen molar-refractivity contribution in [3.63, 3.8) is 0 Å². The monoisotopic (exact) mass is 285 g/mol. The lowest BCUT2D eigenvalue weighted by atomic mass is 9.96. The van der Waals surface area contributed by atoms with Gasteiger partial charge in [0.25, 0.3) is 0 Å². The fourth-order valence-electron chi connectivity index (χ4n) is 1.22. The summed E-state index contributed by atoms with van der Waals surface area (Å²) in [5, 5.41) is 1.38. The standard InChI is InChI=1S/C12H19N3O3S/c1-8(19(5,17)18)10(16)15-9-6-13-11(14-7-9)12(2,3)4/h6-8H,1-5H3,(H,15,16)/t8-/m0/s1. The first-order chi connectivity index (χ1) is 8.51. The quantitative estimate of drug-likeness (QED) is 0.899. The fourth-order valence-corrected chi connectivity index (χ4v) is 1.67. The molecule has 1 aromatic heterocycles. The van der Waals surface area contributed by atoms with Gasteiger partial charge in [-0.2, -0.15) is 0 Å². The second kappa shape index (κ2) is 5.24. The molecule has 7 heteroatoms. The maximum Gasteiger partial charge on any atom is 0.242 e. The third kappa shape index (κ3) is 4.27. The molecule has 0 fully saturated rings. The summed E-state index contributed by atoms with van der Waals surface area (Å²) in [6.45, 7) is 7.28. The van der Waals surface area contributed by atoms with Gasteiger partial charge in [0.1, 0.15) is 11.1 Å². The highest BCUT2D eigenvalue weighted by Crippen LogP contribution is 2.18. The highest BCUT2D eigenvalue weighted by atomic mass is 32.2. The summed E-state index contributed by atoms with van der Waals surface area (Å²) in [5.74, 6) is 0.0660. The van der Waals surface area contributed by atoms with Crippen LogP contribution in [0.15, 0.2) is 12.4 Å². The van der Waals surface area contributed by atoms with Gasteiger partial charge < -0.3 is 5.32 Å². The molecule has 6 nitrogen and oxygen atoms in total. The van der Waals surface area contributed by atoms with E-state index in [0.717, 1.165) is 6.26 Å². The van der Waals surface area contributed by atoms with Crippen molar-refractivity contribution in [1.29, 1.82) is 0 Å². The molecule has 1 heterocycles. The van der Waals surface area contributed by atoms with Crippen molar-refractivity contribution in [2.45, 2.75) is 38.4 Å². The molecule has 0 aromatic carbocycles. The molecule has 0 unspecified atom stereocenters. The number of nitrogens with zero attached hydrogens (tertiary/aromatic N) is 2. The lowest BCUT2D eigenvalue weighted by Crippen LogP contribution is -2.32. The zero-order chi connectivity index (χ0) is 14.8. The van der Waals surface area contributed by atoms with Gasteiger partial charge in [0.05, 0.1) is 18.1 Å². The number of aromatic nitrogens is 2. The molecule has 1 aromatic rings. The van der Waals surface area contributed by atoms with Crippen LogP contribution in [0.2, 0.25) is 0 Å². The average molecular weight is 285 g/mol. The third-order valence-electron chi connectivity index (χ3n) is 2.60. The molecule has 19 heavy (non-hydrogen) atoms. The highest BCUT2D eigenvalue weighted by Gasteiger charge is 2.24. The molecule has 0 bridgehead atoms. The van der Waals surface area contributed by atoms with Crippen LogP contribution in [-0.2, 0) is 20.0 Å². The van der Waals surface area contributed by atoms with E-state index in [1.807, 2.05) is 20.8 Å². The number of anilines is 1. The van der Waals surface area contributed by atoms with Gasteiger partial charge in [-0.1, -0.05) is 20.8 Å². The van der Waals surface area contributed by atoms with E-state index < -0.39 is 21.0 Å². The van der Waals surface area contributed by atoms with Crippen molar-refractivity contribution < 1.29 is 13.2 Å². The predicted molar refractivity (Wildman–Crippen MR) is 73.7 cm³/mol. The first-order valence-electron chi connectivity index (χ1n) is 5.84. The largest absolute Gasteiger partial charge is 0.322 e. The number of sulfone groups is 1. The van der Waals surface area contributed by atoms with E-state index >= 15 is 0 Å². The second-order valence-corrected chi connectivity index (χ2v) is 7.87. The molecule has 0 aliphatic heterocycles. The summed E-state index contributed by atoms with van der Waals surface area (Å²) in [6, 6.07) is 0. The van der Waals surface area contributed by atoms with Crippen LogP contribution in [-0.4, -0.2) is 35.8 Å². The van der Waals surface area contributed by atoms with Crippen LogP contribution in [0.5, 0.6) is 0 Å². The van der Waals surface area contributed by atoms with E-state index in [1.165, 1.54) is 19.3 Å². The van der Waals surface area contributed by atoms with Crippen molar-refractivity contribution >= 4 is 21.4 Å². The Bertz CT molecular complexity index is 559. The molecule has 0 radical (unpaired) electrons. The van der Waals surface area contributed by atoms with Crippen LogP contribution in [0.1, 0.15) is 33.5 Å². The molecule has 1 rings (SSSR count). The van der Waals surface area contributed by atoms with Crippen molar-refractivity contribution in [2.75, 3.05) is 11.6 Å². The number of nitrogens with one attached hydrogen (secondary N) is 1. The third-order valence-corrected chi connectivity index (χ3v) is 4.10. The van der Waals surface area contributed by atoms with E-state index in [2.05, 4.69) is 15.3 Å². The normalized spacial score (nSPS) is 13.9. The Hall–Kier alpha value is -1.50. The Morgan fingerprint density at radius 2 is 1.74 bits per heavy atom. The van der Waals surface area contributed by atoms with E-state index in [0.29, 0.717) is 11.5 Å². The van der Waals surface area contributed by atoms with E-state index in [4.69, 9.17) is 0 Å². The van der Waals surface area contributed by atoms with Crippen LogP contribution in [0.4, 0.5) is 5.69 Å². The molecule has 1 amide bonds. The minimum atomic E-state index is -3.41. The Kier molecular flexibility index (Phi) is 4.29. The topological polar surface area (TPSA) is 89.0 Å². The maximum atomic E-state index is 11.7. The Balaban J connectivity index is 2.82. The first-order valence-corrected chi connectivity index (χ1v) is 7.79. The van der Waals surface area contributed by atoms with Gasteiger partial charge >= 0.3 is 0 Å². The summed E-state index contributed by atoms with van der Waals surface area (Å²) in [5.41, 5.74) is 0.205. The van der Waals surface area contributed by atoms with Gasteiger partial charge in [-0.05, 0) is 6.92 Å². The summed E-state index contributed by atoms with van der Waals surface area (Å²) >= 11 is 0.